The molecule has 2 N–H and O–H groups in total. The molecule has 0 bridgehead atoms. The molecule has 0 aliphatic rings. The molecule has 0 saturated heterocycles. The van der Waals surface area contributed by atoms with E-state index in [1.54, 1.807) is 0 Å². The lowest BCUT2D eigenvalue weighted by atomic mass is 10.1. The fraction of sp³-hybridized carbons (Fsp3) is 0.250. The summed E-state index contributed by atoms with van der Waals surface area (Å²) in [6.45, 7) is 2.53. The zero-order valence-electron chi connectivity index (χ0n) is 9.01. The van der Waals surface area contributed by atoms with Crippen molar-refractivity contribution >= 4 is 28.4 Å². The number of alkyl halides is 1. The molecule has 0 aliphatic heterocycles. The Morgan fingerprint density at radius 2 is 2.31 bits per heavy atom. The van der Waals surface area contributed by atoms with E-state index in [2.05, 4.69) is 16.4 Å². The summed E-state index contributed by atoms with van der Waals surface area (Å²) in [5.41, 5.74) is 3.31. The standard InChI is InChI=1S/C12H13ClN2O/c1-8-5-10-9(7-14-12(16)6-13)3-2-4-11(10)15-8/h2-5,15H,6-7H2,1H3,(H,14,16). The summed E-state index contributed by atoms with van der Waals surface area (Å²) >= 11 is 5.42. The van der Waals surface area contributed by atoms with Gasteiger partial charge in [-0.05, 0) is 24.6 Å². The van der Waals surface area contributed by atoms with Crippen molar-refractivity contribution in [2.24, 2.45) is 0 Å². The van der Waals surface area contributed by atoms with Crippen molar-refractivity contribution in [1.82, 2.24) is 10.3 Å². The van der Waals surface area contributed by atoms with Gasteiger partial charge in [-0.25, -0.2) is 0 Å². The SMILES string of the molecule is Cc1cc2c(CNC(=O)CCl)cccc2[nH]1. The summed E-state index contributed by atoms with van der Waals surface area (Å²) < 4.78 is 0. The van der Waals surface area contributed by atoms with E-state index in [1.807, 2.05) is 25.1 Å². The van der Waals surface area contributed by atoms with Crippen LogP contribution in [0.5, 0.6) is 0 Å². The first kappa shape index (κ1) is 11.0. The Kier molecular flexibility index (Phi) is 3.15. The molecule has 0 atom stereocenters. The minimum absolute atomic E-state index is 0.00212. The number of aryl methyl sites for hydroxylation is 1. The molecule has 1 heterocycles. The van der Waals surface area contributed by atoms with Crippen molar-refractivity contribution < 1.29 is 4.79 Å². The van der Waals surface area contributed by atoms with Gasteiger partial charge in [-0.15, -0.1) is 11.6 Å². The van der Waals surface area contributed by atoms with Crippen LogP contribution in [0.3, 0.4) is 0 Å². The Morgan fingerprint density at radius 1 is 1.50 bits per heavy atom. The van der Waals surface area contributed by atoms with Crippen molar-refractivity contribution in [1.29, 1.82) is 0 Å². The molecule has 0 radical (unpaired) electrons. The van der Waals surface area contributed by atoms with Gasteiger partial charge >= 0.3 is 0 Å². The Bertz CT molecular complexity index is 519. The molecule has 2 rings (SSSR count). The lowest BCUT2D eigenvalue weighted by Gasteiger charge is -2.04. The third-order valence-electron chi connectivity index (χ3n) is 2.49. The highest BCUT2D eigenvalue weighted by atomic mass is 35.5. The number of benzene rings is 1. The lowest BCUT2D eigenvalue weighted by Crippen LogP contribution is -2.23. The van der Waals surface area contributed by atoms with Crippen molar-refractivity contribution in [3.63, 3.8) is 0 Å². The maximum atomic E-state index is 11.1. The van der Waals surface area contributed by atoms with E-state index in [0.717, 1.165) is 22.2 Å². The van der Waals surface area contributed by atoms with Gasteiger partial charge in [-0.2, -0.15) is 0 Å². The number of hydrogen-bond donors (Lipinski definition) is 2. The number of rotatable bonds is 3. The molecule has 1 amide bonds. The van der Waals surface area contributed by atoms with Crippen molar-refractivity contribution in [2.45, 2.75) is 13.5 Å². The topological polar surface area (TPSA) is 44.9 Å². The molecule has 84 valence electrons. The smallest absolute Gasteiger partial charge is 0.235 e. The predicted octanol–water partition coefficient (Wildman–Crippen LogP) is 2.33. The summed E-state index contributed by atoms with van der Waals surface area (Å²) in [4.78, 5) is 14.3. The van der Waals surface area contributed by atoms with Gasteiger partial charge in [0, 0.05) is 23.1 Å². The summed E-state index contributed by atoms with van der Waals surface area (Å²) in [7, 11) is 0. The zero-order chi connectivity index (χ0) is 11.5. The van der Waals surface area contributed by atoms with Gasteiger partial charge in [0.2, 0.25) is 5.91 Å². The van der Waals surface area contributed by atoms with Crippen molar-refractivity contribution in [3.8, 4) is 0 Å². The Labute approximate surface area is 98.8 Å². The van der Waals surface area contributed by atoms with Gasteiger partial charge in [0.25, 0.3) is 0 Å². The Morgan fingerprint density at radius 3 is 3.06 bits per heavy atom. The second-order valence-corrected chi connectivity index (χ2v) is 4.01. The molecule has 0 aliphatic carbocycles. The van der Waals surface area contributed by atoms with Crippen LogP contribution in [0, 0.1) is 6.92 Å². The number of aromatic amines is 1. The first-order chi connectivity index (χ1) is 7.70. The Balaban J connectivity index is 2.26. The molecular formula is C12H13ClN2O. The van der Waals surface area contributed by atoms with Gasteiger partial charge in [0.05, 0.1) is 0 Å². The molecule has 3 nitrogen and oxygen atoms in total. The summed E-state index contributed by atoms with van der Waals surface area (Å²) in [5.74, 6) is -0.145. The van der Waals surface area contributed by atoms with E-state index in [0.29, 0.717) is 6.54 Å². The van der Waals surface area contributed by atoms with Crippen molar-refractivity contribution in [2.75, 3.05) is 5.88 Å². The van der Waals surface area contributed by atoms with Crippen LogP contribution in [-0.2, 0) is 11.3 Å². The van der Waals surface area contributed by atoms with E-state index in [-0.39, 0.29) is 11.8 Å². The summed E-state index contributed by atoms with van der Waals surface area (Å²) in [6.07, 6.45) is 0. The van der Waals surface area contributed by atoms with Crippen LogP contribution in [0.15, 0.2) is 24.3 Å². The largest absolute Gasteiger partial charge is 0.359 e. The molecule has 4 heteroatoms. The predicted molar refractivity (Wildman–Crippen MR) is 65.6 cm³/mol. The van der Waals surface area contributed by atoms with Gasteiger partial charge < -0.3 is 10.3 Å². The Hall–Kier alpha value is -1.48. The molecule has 0 fully saturated rings. The number of carbonyl (C=O) groups excluding carboxylic acids is 1. The van der Waals surface area contributed by atoms with E-state index in [1.165, 1.54) is 0 Å². The summed E-state index contributed by atoms with van der Waals surface area (Å²) in [5, 5.41) is 3.91. The molecule has 1 aromatic carbocycles. The first-order valence-corrected chi connectivity index (χ1v) is 5.64. The maximum absolute atomic E-state index is 11.1. The molecule has 16 heavy (non-hydrogen) atoms. The second kappa shape index (κ2) is 4.58. The highest BCUT2D eigenvalue weighted by Gasteiger charge is 2.04. The average Bonchev–Trinajstić information content (AvgIpc) is 2.66. The van der Waals surface area contributed by atoms with Gasteiger partial charge in [0.1, 0.15) is 5.88 Å². The maximum Gasteiger partial charge on any atom is 0.235 e. The van der Waals surface area contributed by atoms with Crippen LogP contribution in [0.2, 0.25) is 0 Å². The number of amides is 1. The number of carbonyl (C=O) groups is 1. The minimum atomic E-state index is -0.147. The number of aromatic nitrogens is 1. The fourth-order valence-electron chi connectivity index (χ4n) is 1.75. The van der Waals surface area contributed by atoms with E-state index in [4.69, 9.17) is 11.6 Å². The van der Waals surface area contributed by atoms with Gasteiger partial charge in [-0.3, -0.25) is 4.79 Å². The van der Waals surface area contributed by atoms with Crippen LogP contribution in [0.25, 0.3) is 10.9 Å². The minimum Gasteiger partial charge on any atom is -0.359 e. The number of fused-ring (bicyclic) bond motifs is 1. The fourth-order valence-corrected chi connectivity index (χ4v) is 1.85. The van der Waals surface area contributed by atoms with E-state index < -0.39 is 0 Å². The van der Waals surface area contributed by atoms with Gasteiger partial charge in [-0.1, -0.05) is 12.1 Å². The number of hydrogen-bond acceptors (Lipinski definition) is 1. The number of nitrogens with one attached hydrogen (secondary N) is 2. The van der Waals surface area contributed by atoms with Crippen LogP contribution in [0.1, 0.15) is 11.3 Å². The van der Waals surface area contributed by atoms with Crippen LogP contribution < -0.4 is 5.32 Å². The van der Waals surface area contributed by atoms with Crippen LogP contribution >= 0.6 is 11.6 Å². The highest BCUT2D eigenvalue weighted by molar-refractivity contribution is 6.27. The van der Waals surface area contributed by atoms with Crippen molar-refractivity contribution in [3.05, 3.63) is 35.5 Å². The second-order valence-electron chi connectivity index (χ2n) is 3.74. The van der Waals surface area contributed by atoms with Crippen LogP contribution in [-0.4, -0.2) is 16.8 Å². The van der Waals surface area contributed by atoms with Crippen LogP contribution in [0.4, 0.5) is 0 Å². The third-order valence-corrected chi connectivity index (χ3v) is 2.73. The molecule has 1 aromatic heterocycles. The summed E-state index contributed by atoms with van der Waals surface area (Å²) in [6, 6.07) is 8.08. The first-order valence-electron chi connectivity index (χ1n) is 5.10. The normalized spacial score (nSPS) is 10.6. The highest BCUT2D eigenvalue weighted by Crippen LogP contribution is 2.19. The molecule has 2 aromatic rings. The number of halogens is 1. The zero-order valence-corrected chi connectivity index (χ0v) is 9.77. The monoisotopic (exact) mass is 236 g/mol. The third kappa shape index (κ3) is 2.19. The van der Waals surface area contributed by atoms with E-state index >= 15 is 0 Å². The van der Waals surface area contributed by atoms with E-state index in [9.17, 15) is 4.79 Å². The number of H-pyrrole nitrogens is 1. The average molecular weight is 237 g/mol. The van der Waals surface area contributed by atoms with Gasteiger partial charge in [0.15, 0.2) is 0 Å². The molecule has 0 saturated carbocycles. The quantitative estimate of drug-likeness (QED) is 0.790. The molecular weight excluding hydrogens is 224 g/mol. The molecule has 0 spiro atoms. The molecule has 0 unspecified atom stereocenters. The lowest BCUT2D eigenvalue weighted by molar-refractivity contribution is -0.118.